The molecule has 0 atom stereocenters. The van der Waals surface area contributed by atoms with E-state index in [1.165, 1.54) is 0 Å². The second-order valence-corrected chi connectivity index (χ2v) is 6.14. The van der Waals surface area contributed by atoms with Crippen LogP contribution in [0.15, 0.2) is 52.2 Å². The summed E-state index contributed by atoms with van der Waals surface area (Å²) >= 11 is 0. The van der Waals surface area contributed by atoms with Gasteiger partial charge in [-0.3, -0.25) is 14.4 Å². The quantitative estimate of drug-likeness (QED) is 0.658. The maximum Gasteiger partial charge on any atom is 0.314 e. The van der Waals surface area contributed by atoms with Gasteiger partial charge >= 0.3 is 11.1 Å². The topological polar surface area (TPSA) is 102 Å². The fourth-order valence-electron chi connectivity index (χ4n) is 3.11. The number of nitrogens with zero attached hydrogens (tertiary/aromatic N) is 3. The number of rotatable bonds is 2. The van der Waals surface area contributed by atoms with Gasteiger partial charge in [0.25, 0.3) is 5.91 Å². The number of hydrogen-bond donors (Lipinski definition) is 2. The van der Waals surface area contributed by atoms with Gasteiger partial charge in [0, 0.05) is 37.9 Å². The molecule has 0 bridgehead atoms. The summed E-state index contributed by atoms with van der Waals surface area (Å²) in [7, 11) is 0. The van der Waals surface area contributed by atoms with Gasteiger partial charge in [-0.25, -0.2) is 4.98 Å². The van der Waals surface area contributed by atoms with Crippen LogP contribution in [-0.2, 0) is 0 Å². The van der Waals surface area contributed by atoms with Crippen LogP contribution in [0.5, 0.6) is 0 Å². The molecule has 1 aliphatic heterocycles. The zero-order chi connectivity index (χ0) is 18.1. The summed E-state index contributed by atoms with van der Waals surface area (Å²) in [6.07, 6.45) is 1.76. The molecule has 1 saturated heterocycles. The number of hydrogen-bond acceptors (Lipinski definition) is 5. The Balaban J connectivity index is 1.51. The van der Waals surface area contributed by atoms with E-state index in [0.29, 0.717) is 42.8 Å². The number of H-pyrrole nitrogens is 2. The van der Waals surface area contributed by atoms with Crippen molar-refractivity contribution in [2.24, 2.45) is 0 Å². The molecule has 0 spiro atoms. The molecule has 1 aromatic carbocycles. The predicted octanol–water partition coefficient (Wildman–Crippen LogP) is 0.574. The Kier molecular flexibility index (Phi) is 4.00. The Morgan fingerprint density at radius 2 is 1.65 bits per heavy atom. The van der Waals surface area contributed by atoms with Crippen LogP contribution >= 0.6 is 0 Å². The second kappa shape index (κ2) is 6.47. The Morgan fingerprint density at radius 1 is 0.923 bits per heavy atom. The Morgan fingerprint density at radius 3 is 2.35 bits per heavy atom. The molecule has 2 N–H and O–H groups in total. The van der Waals surface area contributed by atoms with E-state index in [2.05, 4.69) is 19.9 Å². The van der Waals surface area contributed by atoms with E-state index in [4.69, 9.17) is 0 Å². The lowest BCUT2D eigenvalue weighted by Gasteiger charge is -2.35. The van der Waals surface area contributed by atoms with Crippen LogP contribution in [0.25, 0.3) is 11.0 Å². The largest absolute Gasteiger partial charge is 0.353 e. The number of anilines is 1. The number of nitrogens with one attached hydrogen (secondary N) is 2. The highest BCUT2D eigenvalue weighted by atomic mass is 16.2. The lowest BCUT2D eigenvalue weighted by Crippen LogP contribution is -2.49. The van der Waals surface area contributed by atoms with E-state index >= 15 is 0 Å². The molecule has 1 aliphatic rings. The third-order valence-electron chi connectivity index (χ3n) is 4.51. The number of pyridine rings is 1. The first-order valence-electron chi connectivity index (χ1n) is 8.33. The number of carbonyl (C=O) groups is 1. The van der Waals surface area contributed by atoms with Crippen molar-refractivity contribution in [2.75, 3.05) is 31.1 Å². The van der Waals surface area contributed by atoms with Crippen LogP contribution in [0.3, 0.4) is 0 Å². The molecule has 4 rings (SSSR count). The van der Waals surface area contributed by atoms with Gasteiger partial charge < -0.3 is 19.8 Å². The number of carbonyl (C=O) groups excluding carboxylic acids is 1. The van der Waals surface area contributed by atoms with Crippen molar-refractivity contribution in [3.8, 4) is 0 Å². The van der Waals surface area contributed by atoms with Crippen molar-refractivity contribution >= 4 is 22.8 Å². The monoisotopic (exact) mass is 351 g/mol. The van der Waals surface area contributed by atoms with Crippen LogP contribution in [0.2, 0.25) is 0 Å². The van der Waals surface area contributed by atoms with Crippen molar-refractivity contribution in [3.63, 3.8) is 0 Å². The molecule has 132 valence electrons. The minimum atomic E-state index is -0.730. The highest BCUT2D eigenvalue weighted by Gasteiger charge is 2.23. The summed E-state index contributed by atoms with van der Waals surface area (Å²) in [4.78, 5) is 48.9. The summed E-state index contributed by atoms with van der Waals surface area (Å²) in [5.41, 5.74) is -0.0292. The number of benzene rings is 1. The minimum Gasteiger partial charge on any atom is -0.353 e. The van der Waals surface area contributed by atoms with Gasteiger partial charge in [-0.2, -0.15) is 0 Å². The molecule has 3 heterocycles. The molecule has 3 aromatic rings. The zero-order valence-corrected chi connectivity index (χ0v) is 13.9. The molecule has 0 aliphatic carbocycles. The minimum absolute atomic E-state index is 0.0976. The first-order chi connectivity index (χ1) is 12.6. The maximum atomic E-state index is 12.8. The smallest absolute Gasteiger partial charge is 0.314 e. The molecular formula is C18H17N5O3. The van der Waals surface area contributed by atoms with Crippen LogP contribution in [0.4, 0.5) is 5.82 Å². The SMILES string of the molecule is O=C(c1ccc2[nH]c(=O)c(=O)[nH]c2c1)N1CCN(c2ccccn2)CC1. The number of aromatic amines is 2. The van der Waals surface area contributed by atoms with Crippen molar-refractivity contribution < 1.29 is 4.79 Å². The molecule has 0 radical (unpaired) electrons. The van der Waals surface area contributed by atoms with Crippen molar-refractivity contribution in [1.29, 1.82) is 0 Å². The molecule has 2 aromatic heterocycles. The average Bonchev–Trinajstić information content (AvgIpc) is 2.69. The van der Waals surface area contributed by atoms with Crippen molar-refractivity contribution in [3.05, 3.63) is 68.9 Å². The second-order valence-electron chi connectivity index (χ2n) is 6.14. The molecular weight excluding hydrogens is 334 g/mol. The summed E-state index contributed by atoms with van der Waals surface area (Å²) in [5, 5.41) is 0. The standard InChI is InChI=1S/C18H17N5O3/c24-16-17(25)21-14-11-12(4-5-13(14)20-16)18(26)23-9-7-22(8-10-23)15-3-1-2-6-19-15/h1-6,11H,7-10H2,(H,20,24)(H,21,25). The average molecular weight is 351 g/mol. The fourth-order valence-corrected chi connectivity index (χ4v) is 3.11. The Labute approximate surface area is 148 Å². The number of amides is 1. The molecule has 26 heavy (non-hydrogen) atoms. The van der Waals surface area contributed by atoms with E-state index < -0.39 is 11.1 Å². The van der Waals surface area contributed by atoms with E-state index in [0.717, 1.165) is 5.82 Å². The van der Waals surface area contributed by atoms with Crippen LogP contribution in [0.1, 0.15) is 10.4 Å². The van der Waals surface area contributed by atoms with Gasteiger partial charge in [-0.05, 0) is 30.3 Å². The van der Waals surface area contributed by atoms with E-state index in [9.17, 15) is 14.4 Å². The summed E-state index contributed by atoms with van der Waals surface area (Å²) < 4.78 is 0. The van der Waals surface area contributed by atoms with Gasteiger partial charge in [-0.15, -0.1) is 0 Å². The number of aromatic nitrogens is 3. The highest BCUT2D eigenvalue weighted by Crippen LogP contribution is 2.16. The molecule has 8 nitrogen and oxygen atoms in total. The van der Waals surface area contributed by atoms with E-state index in [1.54, 1.807) is 29.3 Å². The molecule has 8 heteroatoms. The van der Waals surface area contributed by atoms with Gasteiger partial charge in [0.1, 0.15) is 5.82 Å². The third-order valence-corrected chi connectivity index (χ3v) is 4.51. The summed E-state index contributed by atoms with van der Waals surface area (Å²) in [6, 6.07) is 10.7. The van der Waals surface area contributed by atoms with Crippen LogP contribution in [0, 0.1) is 0 Å². The molecule has 1 fully saturated rings. The third kappa shape index (κ3) is 2.97. The van der Waals surface area contributed by atoms with Crippen molar-refractivity contribution in [1.82, 2.24) is 19.9 Å². The first-order valence-corrected chi connectivity index (χ1v) is 8.33. The van der Waals surface area contributed by atoms with Gasteiger partial charge in [0.2, 0.25) is 0 Å². The predicted molar refractivity (Wildman–Crippen MR) is 97.5 cm³/mol. The summed E-state index contributed by atoms with van der Waals surface area (Å²) in [5.74, 6) is 0.812. The lowest BCUT2D eigenvalue weighted by atomic mass is 10.1. The molecule has 1 amide bonds. The van der Waals surface area contributed by atoms with E-state index in [1.807, 2.05) is 18.2 Å². The number of piperazine rings is 1. The number of fused-ring (bicyclic) bond motifs is 1. The Bertz CT molecular complexity index is 1070. The van der Waals surface area contributed by atoms with Crippen molar-refractivity contribution in [2.45, 2.75) is 0 Å². The Hall–Kier alpha value is -3.42. The van der Waals surface area contributed by atoms with Crippen LogP contribution in [-0.4, -0.2) is 51.9 Å². The fraction of sp³-hybridized carbons (Fsp3) is 0.222. The van der Waals surface area contributed by atoms with E-state index in [-0.39, 0.29) is 5.91 Å². The van der Waals surface area contributed by atoms with Crippen LogP contribution < -0.4 is 16.0 Å². The maximum absolute atomic E-state index is 12.8. The molecule has 0 unspecified atom stereocenters. The normalized spacial score (nSPS) is 14.6. The highest BCUT2D eigenvalue weighted by molar-refractivity contribution is 5.97. The van der Waals surface area contributed by atoms with Gasteiger partial charge in [-0.1, -0.05) is 6.07 Å². The summed E-state index contributed by atoms with van der Waals surface area (Å²) in [6.45, 7) is 2.60. The lowest BCUT2D eigenvalue weighted by molar-refractivity contribution is 0.0746. The van der Waals surface area contributed by atoms with Gasteiger partial charge in [0.15, 0.2) is 0 Å². The van der Waals surface area contributed by atoms with Gasteiger partial charge in [0.05, 0.1) is 11.0 Å². The zero-order valence-electron chi connectivity index (χ0n) is 13.9. The molecule has 0 saturated carbocycles. The first kappa shape index (κ1) is 16.1.